The van der Waals surface area contributed by atoms with Crippen LogP contribution in [-0.4, -0.2) is 18.5 Å². The molecule has 3 rings (SSSR count). The van der Waals surface area contributed by atoms with Crippen molar-refractivity contribution in [3.05, 3.63) is 65.7 Å². The molecule has 112 valence electrons. The van der Waals surface area contributed by atoms with E-state index in [1.807, 2.05) is 0 Å². The van der Waals surface area contributed by atoms with Gasteiger partial charge in [-0.05, 0) is 42.5 Å². The van der Waals surface area contributed by atoms with Gasteiger partial charge in [-0.2, -0.15) is 0 Å². The van der Waals surface area contributed by atoms with Gasteiger partial charge in [-0.3, -0.25) is 0 Å². The van der Waals surface area contributed by atoms with Gasteiger partial charge in [0, 0.05) is 24.2 Å². The van der Waals surface area contributed by atoms with Gasteiger partial charge < -0.3 is 4.90 Å². The third-order valence-corrected chi connectivity index (χ3v) is 4.36. The van der Waals surface area contributed by atoms with Gasteiger partial charge in [0.1, 0.15) is 0 Å². The number of benzene rings is 2. The normalized spacial score (nSPS) is 13.6. The standard InChI is InChI=1S/C18H20ClN.BrH/c19-11-6-12-20(17-9-2-1-3-10-17)18-13-15-7-4-5-8-16(15)14-18;/h1-5,7-10,18H,6,11-14H2;1H. The molecular formula is C18H21BrClN. The molecule has 0 fully saturated rings. The fourth-order valence-corrected chi connectivity index (χ4v) is 3.25. The lowest BCUT2D eigenvalue weighted by molar-refractivity contribution is 0.611. The summed E-state index contributed by atoms with van der Waals surface area (Å²) in [7, 11) is 0. The first-order valence-corrected chi connectivity index (χ1v) is 7.86. The summed E-state index contributed by atoms with van der Waals surface area (Å²) in [5.41, 5.74) is 4.32. The van der Waals surface area contributed by atoms with Crippen molar-refractivity contribution in [3.63, 3.8) is 0 Å². The third-order valence-electron chi connectivity index (χ3n) is 4.09. The van der Waals surface area contributed by atoms with Gasteiger partial charge in [0.15, 0.2) is 0 Å². The molecular weight excluding hydrogens is 346 g/mol. The summed E-state index contributed by atoms with van der Waals surface area (Å²) >= 11 is 5.90. The second-order valence-electron chi connectivity index (χ2n) is 5.40. The van der Waals surface area contributed by atoms with Crippen molar-refractivity contribution in [2.24, 2.45) is 0 Å². The van der Waals surface area contributed by atoms with E-state index in [1.165, 1.54) is 16.8 Å². The van der Waals surface area contributed by atoms with E-state index in [-0.39, 0.29) is 17.0 Å². The van der Waals surface area contributed by atoms with Gasteiger partial charge in [0.2, 0.25) is 0 Å². The second-order valence-corrected chi connectivity index (χ2v) is 5.78. The van der Waals surface area contributed by atoms with Gasteiger partial charge in [0.25, 0.3) is 0 Å². The second kappa shape index (κ2) is 7.86. The summed E-state index contributed by atoms with van der Waals surface area (Å²) in [5, 5.41) is 0. The SMILES string of the molecule is Br.ClCCCN(c1ccccc1)C1Cc2ccccc2C1. The first kappa shape index (κ1) is 16.4. The Balaban J connectivity index is 0.00000161. The highest BCUT2D eigenvalue weighted by Gasteiger charge is 2.26. The first-order valence-electron chi connectivity index (χ1n) is 7.33. The molecule has 1 nitrogen and oxygen atoms in total. The van der Waals surface area contributed by atoms with Crippen molar-refractivity contribution in [1.29, 1.82) is 0 Å². The summed E-state index contributed by atoms with van der Waals surface area (Å²) in [4.78, 5) is 2.53. The number of anilines is 1. The maximum Gasteiger partial charge on any atom is 0.0370 e. The van der Waals surface area contributed by atoms with Crippen LogP contribution in [0.25, 0.3) is 0 Å². The van der Waals surface area contributed by atoms with E-state index in [4.69, 9.17) is 11.6 Å². The van der Waals surface area contributed by atoms with Gasteiger partial charge >= 0.3 is 0 Å². The highest BCUT2D eigenvalue weighted by Crippen LogP contribution is 2.29. The minimum Gasteiger partial charge on any atom is -0.368 e. The zero-order chi connectivity index (χ0) is 13.8. The minimum atomic E-state index is 0. The summed E-state index contributed by atoms with van der Waals surface area (Å²) in [6.07, 6.45) is 3.32. The van der Waals surface area contributed by atoms with Gasteiger partial charge in [-0.1, -0.05) is 42.5 Å². The molecule has 0 radical (unpaired) electrons. The lowest BCUT2D eigenvalue weighted by atomic mass is 10.1. The smallest absolute Gasteiger partial charge is 0.0370 e. The van der Waals surface area contributed by atoms with Crippen LogP contribution in [0.1, 0.15) is 17.5 Å². The maximum absolute atomic E-state index is 5.90. The molecule has 0 heterocycles. The third kappa shape index (κ3) is 3.81. The van der Waals surface area contributed by atoms with Crippen molar-refractivity contribution in [2.45, 2.75) is 25.3 Å². The lowest BCUT2D eigenvalue weighted by Crippen LogP contribution is -2.37. The Morgan fingerprint density at radius 1 is 0.905 bits per heavy atom. The number of rotatable bonds is 5. The molecule has 0 aromatic heterocycles. The van der Waals surface area contributed by atoms with Crippen molar-refractivity contribution in [1.82, 2.24) is 0 Å². The molecule has 0 bridgehead atoms. The van der Waals surface area contributed by atoms with Crippen molar-refractivity contribution in [2.75, 3.05) is 17.3 Å². The van der Waals surface area contributed by atoms with Crippen LogP contribution in [0.2, 0.25) is 0 Å². The van der Waals surface area contributed by atoms with Crippen LogP contribution >= 0.6 is 28.6 Å². The van der Waals surface area contributed by atoms with Crippen LogP contribution in [-0.2, 0) is 12.8 Å². The van der Waals surface area contributed by atoms with Crippen LogP contribution in [0.4, 0.5) is 5.69 Å². The number of fused-ring (bicyclic) bond motifs is 1. The van der Waals surface area contributed by atoms with E-state index >= 15 is 0 Å². The Hall–Kier alpha value is -0.990. The highest BCUT2D eigenvalue weighted by molar-refractivity contribution is 8.93. The average molecular weight is 367 g/mol. The predicted octanol–water partition coefficient (Wildman–Crippen LogP) is 4.87. The molecule has 1 aliphatic rings. The topological polar surface area (TPSA) is 3.24 Å². The summed E-state index contributed by atoms with van der Waals surface area (Å²) < 4.78 is 0. The molecule has 2 aromatic carbocycles. The summed E-state index contributed by atoms with van der Waals surface area (Å²) in [5.74, 6) is 0.725. The van der Waals surface area contributed by atoms with Gasteiger partial charge in [0.05, 0.1) is 0 Å². The quantitative estimate of drug-likeness (QED) is 0.683. The number of alkyl halides is 1. The number of nitrogens with zero attached hydrogens (tertiary/aromatic N) is 1. The van der Waals surface area contributed by atoms with Crippen molar-refractivity contribution < 1.29 is 0 Å². The molecule has 0 saturated heterocycles. The van der Waals surface area contributed by atoms with E-state index < -0.39 is 0 Å². The molecule has 0 amide bonds. The van der Waals surface area contributed by atoms with Crippen LogP contribution in [0.5, 0.6) is 0 Å². The van der Waals surface area contributed by atoms with Crippen LogP contribution < -0.4 is 4.90 Å². The average Bonchev–Trinajstić information content (AvgIpc) is 2.92. The molecule has 1 aliphatic carbocycles. The van der Waals surface area contributed by atoms with Crippen LogP contribution in [0.3, 0.4) is 0 Å². The van der Waals surface area contributed by atoms with Crippen molar-refractivity contribution in [3.8, 4) is 0 Å². The first-order chi connectivity index (χ1) is 9.88. The molecule has 0 saturated carbocycles. The minimum absolute atomic E-state index is 0. The maximum atomic E-state index is 5.90. The van der Waals surface area contributed by atoms with Crippen LogP contribution in [0.15, 0.2) is 54.6 Å². The van der Waals surface area contributed by atoms with Crippen molar-refractivity contribution >= 4 is 34.3 Å². The molecule has 2 aromatic rings. The Bertz CT molecular complexity index is 533. The van der Waals surface area contributed by atoms with E-state index in [0.29, 0.717) is 6.04 Å². The van der Waals surface area contributed by atoms with E-state index in [1.54, 1.807) is 0 Å². The molecule has 0 unspecified atom stereocenters. The van der Waals surface area contributed by atoms with Gasteiger partial charge in [-0.15, -0.1) is 28.6 Å². The Kier molecular flexibility index (Phi) is 6.13. The molecule has 0 spiro atoms. The van der Waals surface area contributed by atoms with E-state index in [2.05, 4.69) is 59.5 Å². The van der Waals surface area contributed by atoms with E-state index in [9.17, 15) is 0 Å². The predicted molar refractivity (Wildman–Crippen MR) is 97.1 cm³/mol. The molecule has 0 aliphatic heterocycles. The summed E-state index contributed by atoms with van der Waals surface area (Å²) in [6, 6.07) is 20.1. The van der Waals surface area contributed by atoms with Gasteiger partial charge in [-0.25, -0.2) is 0 Å². The monoisotopic (exact) mass is 365 g/mol. The number of halogens is 2. The number of hydrogen-bond acceptors (Lipinski definition) is 1. The zero-order valence-electron chi connectivity index (χ0n) is 12.0. The Labute approximate surface area is 142 Å². The molecule has 3 heteroatoms. The lowest BCUT2D eigenvalue weighted by Gasteiger charge is -2.31. The number of para-hydroxylation sites is 1. The largest absolute Gasteiger partial charge is 0.368 e. The number of hydrogen-bond donors (Lipinski definition) is 0. The molecule has 21 heavy (non-hydrogen) atoms. The molecule has 0 N–H and O–H groups in total. The fraction of sp³-hybridized carbons (Fsp3) is 0.333. The Morgan fingerprint density at radius 3 is 2.05 bits per heavy atom. The zero-order valence-corrected chi connectivity index (χ0v) is 14.5. The highest BCUT2D eigenvalue weighted by atomic mass is 79.9. The Morgan fingerprint density at radius 2 is 1.48 bits per heavy atom. The van der Waals surface area contributed by atoms with E-state index in [0.717, 1.165) is 31.7 Å². The van der Waals surface area contributed by atoms with Crippen LogP contribution in [0, 0.1) is 0 Å². The fourth-order valence-electron chi connectivity index (χ4n) is 3.13. The molecule has 0 atom stereocenters. The summed E-state index contributed by atoms with van der Waals surface area (Å²) in [6.45, 7) is 1.03.